The largest absolute Gasteiger partial charge is 0.354 e. The van der Waals surface area contributed by atoms with Crippen LogP contribution >= 0.6 is 0 Å². The van der Waals surface area contributed by atoms with Gasteiger partial charge in [-0.3, -0.25) is 0 Å². The molecule has 1 aliphatic heterocycles. The number of hydrogen-bond acceptors (Lipinski definition) is 3. The summed E-state index contributed by atoms with van der Waals surface area (Å²) in [4.78, 5) is 0.912. The van der Waals surface area contributed by atoms with E-state index >= 15 is 0 Å². The van der Waals surface area contributed by atoms with Crippen molar-refractivity contribution in [2.75, 3.05) is 24.8 Å². The van der Waals surface area contributed by atoms with Gasteiger partial charge in [0.05, 0.1) is 12.4 Å². The fraction of sp³-hybridized carbons (Fsp3) is 0.333. The van der Waals surface area contributed by atoms with Crippen LogP contribution in [0, 0.1) is 11.6 Å². The molecule has 0 unspecified atom stereocenters. The van der Waals surface area contributed by atoms with Crippen LogP contribution in [0.3, 0.4) is 0 Å². The lowest BCUT2D eigenvalue weighted by atomic mass is 10.2. The second-order valence-electron chi connectivity index (χ2n) is 3.49. The molecule has 0 bridgehead atoms. The van der Waals surface area contributed by atoms with Crippen molar-refractivity contribution in [1.82, 2.24) is 4.72 Å². The van der Waals surface area contributed by atoms with Gasteiger partial charge in [0.25, 0.3) is 0 Å². The summed E-state index contributed by atoms with van der Waals surface area (Å²) in [5, 5.41) is 0. The summed E-state index contributed by atoms with van der Waals surface area (Å²) in [6.07, 6.45) is 0. The van der Waals surface area contributed by atoms with Crippen molar-refractivity contribution >= 4 is 15.7 Å². The van der Waals surface area contributed by atoms with E-state index in [-0.39, 0.29) is 23.8 Å². The summed E-state index contributed by atoms with van der Waals surface area (Å²) in [6, 6.07) is 1.36. The summed E-state index contributed by atoms with van der Waals surface area (Å²) < 4.78 is 63.6. The van der Waals surface area contributed by atoms with Crippen molar-refractivity contribution < 1.29 is 21.6 Å². The monoisotopic (exact) mass is 266 g/mol. The van der Waals surface area contributed by atoms with E-state index in [1.165, 1.54) is 4.90 Å². The van der Waals surface area contributed by atoms with E-state index in [1.807, 2.05) is 0 Å². The molecule has 0 spiro atoms. The zero-order chi connectivity index (χ0) is 12.6. The third-order valence-corrected chi connectivity index (χ3v) is 3.85. The molecule has 94 valence electrons. The molecular weight excluding hydrogens is 257 g/mol. The van der Waals surface area contributed by atoms with Crippen LogP contribution in [-0.2, 0) is 10.0 Å². The highest BCUT2D eigenvalue weighted by Crippen LogP contribution is 2.30. The zero-order valence-corrected chi connectivity index (χ0v) is 9.40. The van der Waals surface area contributed by atoms with Crippen molar-refractivity contribution in [3.8, 4) is 0 Å². The Kier molecular flexibility index (Phi) is 3.00. The molecule has 0 saturated carbocycles. The molecule has 8 heteroatoms. The van der Waals surface area contributed by atoms with E-state index in [0.717, 1.165) is 6.07 Å². The maximum absolute atomic E-state index is 13.1. The molecule has 17 heavy (non-hydrogen) atoms. The highest BCUT2D eigenvalue weighted by Gasteiger charge is 2.29. The Labute approximate surface area is 96.1 Å². The van der Waals surface area contributed by atoms with E-state index in [0.29, 0.717) is 6.07 Å². The van der Waals surface area contributed by atoms with Gasteiger partial charge in [0.1, 0.15) is 11.6 Å². The highest BCUT2D eigenvalue weighted by molar-refractivity contribution is 7.89. The van der Waals surface area contributed by atoms with E-state index < -0.39 is 28.3 Å². The summed E-state index contributed by atoms with van der Waals surface area (Å²) in [6.45, 7) is -0.981. The van der Waals surface area contributed by atoms with Gasteiger partial charge in [0, 0.05) is 12.6 Å². The van der Waals surface area contributed by atoms with Crippen LogP contribution < -0.4 is 9.62 Å². The maximum Gasteiger partial charge on any atom is 0.244 e. The topological polar surface area (TPSA) is 49.4 Å². The number of halogens is 3. The van der Waals surface area contributed by atoms with Gasteiger partial charge in [-0.25, -0.2) is 21.6 Å². The number of alkyl halides is 1. The molecule has 0 saturated heterocycles. The van der Waals surface area contributed by atoms with Gasteiger partial charge in [-0.15, -0.1) is 0 Å². The average molecular weight is 266 g/mol. The predicted octanol–water partition coefficient (Wildman–Crippen LogP) is 0.990. The average Bonchev–Trinajstić information content (AvgIpc) is 2.26. The first-order valence-corrected chi connectivity index (χ1v) is 6.23. The lowest BCUT2D eigenvalue weighted by molar-refractivity contribution is 0.478. The number of fused-ring (bicyclic) bond motifs is 1. The summed E-state index contributed by atoms with van der Waals surface area (Å²) in [5.74, 6) is -2.42. The number of benzene rings is 1. The number of sulfonamides is 1. The Morgan fingerprint density at radius 1 is 1.29 bits per heavy atom. The number of hydrogen-bond donors (Lipinski definition) is 1. The van der Waals surface area contributed by atoms with Gasteiger partial charge in [-0.05, 0) is 6.07 Å². The minimum Gasteiger partial charge on any atom is -0.354 e. The fourth-order valence-corrected chi connectivity index (χ4v) is 2.81. The van der Waals surface area contributed by atoms with Gasteiger partial charge in [0.15, 0.2) is 11.6 Å². The van der Waals surface area contributed by atoms with Crippen molar-refractivity contribution in [3.63, 3.8) is 0 Å². The van der Waals surface area contributed by atoms with Crippen LogP contribution in [-0.4, -0.2) is 28.3 Å². The third kappa shape index (κ3) is 2.09. The van der Waals surface area contributed by atoms with Crippen molar-refractivity contribution in [3.05, 3.63) is 23.8 Å². The molecule has 1 heterocycles. The molecule has 2 rings (SSSR count). The maximum atomic E-state index is 13.1. The van der Waals surface area contributed by atoms with E-state index in [2.05, 4.69) is 4.72 Å². The minimum absolute atomic E-state index is 0.0275. The van der Waals surface area contributed by atoms with E-state index in [1.54, 1.807) is 0 Å². The Bertz CT molecular complexity index is 547. The van der Waals surface area contributed by atoms with Crippen LogP contribution in [0.4, 0.5) is 18.9 Å². The normalized spacial score (nSPS) is 17.9. The lowest BCUT2D eigenvalue weighted by Gasteiger charge is -2.30. The summed E-state index contributed by atoms with van der Waals surface area (Å²) >= 11 is 0. The van der Waals surface area contributed by atoms with Crippen LogP contribution in [0.2, 0.25) is 0 Å². The molecule has 1 N–H and O–H groups in total. The molecular formula is C9H9F3N2O2S. The molecule has 1 aromatic rings. The molecule has 1 aromatic carbocycles. The standard InChI is InChI=1S/C9H9F3N2O2S/c10-1-2-14-5-13-17(15,16)9-4-7(12)6(11)3-8(9)14/h3-4,13H,1-2,5H2. The van der Waals surface area contributed by atoms with Crippen LogP contribution in [0.1, 0.15) is 0 Å². The number of nitrogens with one attached hydrogen (secondary N) is 1. The molecule has 0 fully saturated rings. The van der Waals surface area contributed by atoms with Crippen LogP contribution in [0.25, 0.3) is 0 Å². The van der Waals surface area contributed by atoms with E-state index in [9.17, 15) is 21.6 Å². The zero-order valence-electron chi connectivity index (χ0n) is 8.58. The smallest absolute Gasteiger partial charge is 0.244 e. The quantitative estimate of drug-likeness (QED) is 0.868. The Balaban J connectivity index is 2.60. The Hall–Kier alpha value is -1.28. The van der Waals surface area contributed by atoms with Crippen LogP contribution in [0.15, 0.2) is 17.0 Å². The molecule has 0 aliphatic carbocycles. The van der Waals surface area contributed by atoms with Crippen LogP contribution in [0.5, 0.6) is 0 Å². The number of nitrogens with zero attached hydrogens (tertiary/aromatic N) is 1. The molecule has 0 amide bonds. The first kappa shape index (κ1) is 12.2. The van der Waals surface area contributed by atoms with E-state index in [4.69, 9.17) is 0 Å². The highest BCUT2D eigenvalue weighted by atomic mass is 32.2. The second kappa shape index (κ2) is 4.19. The predicted molar refractivity (Wildman–Crippen MR) is 54.9 cm³/mol. The first-order valence-electron chi connectivity index (χ1n) is 4.75. The summed E-state index contributed by atoms with van der Waals surface area (Å²) in [7, 11) is -3.85. The number of anilines is 1. The minimum atomic E-state index is -3.85. The van der Waals surface area contributed by atoms with Gasteiger partial charge in [0.2, 0.25) is 10.0 Å². The van der Waals surface area contributed by atoms with Gasteiger partial charge >= 0.3 is 0 Å². The number of rotatable bonds is 2. The second-order valence-corrected chi connectivity index (χ2v) is 5.23. The van der Waals surface area contributed by atoms with Gasteiger partial charge < -0.3 is 4.90 Å². The lowest BCUT2D eigenvalue weighted by Crippen LogP contribution is -2.44. The van der Waals surface area contributed by atoms with Crippen molar-refractivity contribution in [2.24, 2.45) is 0 Å². The van der Waals surface area contributed by atoms with Crippen molar-refractivity contribution in [1.29, 1.82) is 0 Å². The SMILES string of the molecule is O=S1(=O)NCN(CCF)c2cc(F)c(F)cc21. The fourth-order valence-electron chi connectivity index (χ4n) is 1.61. The van der Waals surface area contributed by atoms with Gasteiger partial charge in [-0.1, -0.05) is 0 Å². The molecule has 4 nitrogen and oxygen atoms in total. The first-order chi connectivity index (χ1) is 7.95. The molecule has 0 atom stereocenters. The Morgan fingerprint density at radius 2 is 1.94 bits per heavy atom. The van der Waals surface area contributed by atoms with Gasteiger partial charge in [-0.2, -0.15) is 4.72 Å². The molecule has 1 aliphatic rings. The molecule has 0 radical (unpaired) electrons. The molecule has 0 aromatic heterocycles. The summed E-state index contributed by atoms with van der Waals surface area (Å²) in [5.41, 5.74) is -0.0275. The Morgan fingerprint density at radius 3 is 2.59 bits per heavy atom. The third-order valence-electron chi connectivity index (χ3n) is 2.43. The van der Waals surface area contributed by atoms with Crippen molar-refractivity contribution in [2.45, 2.75) is 4.90 Å².